The van der Waals surface area contributed by atoms with E-state index in [-0.39, 0.29) is 21.7 Å². The number of hydrogen-bond acceptors (Lipinski definition) is 0. The Balaban J connectivity index is 0.000000253. The van der Waals surface area contributed by atoms with Crippen molar-refractivity contribution < 1.29 is 21.7 Å². The third kappa shape index (κ3) is 10.5. The molecule has 4 aromatic rings. The summed E-state index contributed by atoms with van der Waals surface area (Å²) in [5, 5.41) is 0. The summed E-state index contributed by atoms with van der Waals surface area (Å²) in [6.45, 7) is 18.1. The molecule has 0 unspecified atom stereocenters. The molecule has 36 heavy (non-hydrogen) atoms. The van der Waals surface area contributed by atoms with Gasteiger partial charge in [-0.2, -0.15) is 102 Å². The summed E-state index contributed by atoms with van der Waals surface area (Å²) in [6.07, 6.45) is 7.96. The molecule has 0 radical (unpaired) electrons. The molecule has 186 valence electrons. The average Bonchev–Trinajstić information content (AvgIpc) is 3.17. The minimum Gasteiger partial charge on any atom is -0.199 e. The van der Waals surface area contributed by atoms with Crippen LogP contribution in [0, 0.1) is 27.7 Å². The van der Waals surface area contributed by atoms with Crippen LogP contribution in [0.15, 0.2) is 91.0 Å². The molecule has 4 aromatic carbocycles. The van der Waals surface area contributed by atoms with E-state index >= 15 is 0 Å². The fourth-order valence-corrected chi connectivity index (χ4v) is 4.58. The van der Waals surface area contributed by atoms with Gasteiger partial charge in [0.1, 0.15) is 0 Å². The van der Waals surface area contributed by atoms with E-state index in [1.165, 1.54) is 38.5 Å². The Bertz CT molecular complexity index is 973. The van der Waals surface area contributed by atoms with Gasteiger partial charge in [-0.3, -0.25) is 0 Å². The largest absolute Gasteiger partial charge is 4.00 e. The van der Waals surface area contributed by atoms with Gasteiger partial charge in [-0.15, -0.1) is 36.4 Å². The van der Waals surface area contributed by atoms with Gasteiger partial charge in [0.05, 0.1) is 0 Å². The molecule has 0 saturated heterocycles. The molecule has 0 aromatic heterocycles. The summed E-state index contributed by atoms with van der Waals surface area (Å²) in [4.78, 5) is 0. The summed E-state index contributed by atoms with van der Waals surface area (Å²) in [5.41, 5.74) is 11.6. The molecule has 0 heterocycles. The van der Waals surface area contributed by atoms with Gasteiger partial charge in [0.25, 0.3) is 0 Å². The van der Waals surface area contributed by atoms with Crippen molar-refractivity contribution in [2.75, 3.05) is 0 Å². The van der Waals surface area contributed by atoms with E-state index in [4.69, 9.17) is 0 Å². The number of rotatable bonds is 2. The van der Waals surface area contributed by atoms with Crippen LogP contribution in [0.4, 0.5) is 0 Å². The molecule has 0 atom stereocenters. The SMILES string of the molecule is CCc1c(C)c2c([c-]1CC)CCCC2.[CH2-]c1ccccc1.[CH2-]c1ccccc1.[CH2-]c1ccccc1.[Ti+4]. The monoisotopic (exact) mass is 510 g/mol. The first-order valence-corrected chi connectivity index (χ1v) is 12.9. The zero-order valence-electron chi connectivity index (χ0n) is 22.5. The minimum absolute atomic E-state index is 0. The summed E-state index contributed by atoms with van der Waals surface area (Å²) in [7, 11) is 0. The number of benzene rings is 3. The Morgan fingerprint density at radius 1 is 0.639 bits per heavy atom. The van der Waals surface area contributed by atoms with Crippen molar-refractivity contribution in [3.05, 3.63) is 156 Å². The molecule has 0 nitrogen and oxygen atoms in total. The third-order valence-corrected chi connectivity index (χ3v) is 6.34. The number of hydrogen-bond donors (Lipinski definition) is 0. The molecule has 0 fully saturated rings. The van der Waals surface area contributed by atoms with Gasteiger partial charge in [-0.05, 0) is 0 Å². The van der Waals surface area contributed by atoms with Crippen molar-refractivity contribution in [2.24, 2.45) is 0 Å². The molecule has 0 N–H and O–H groups in total. The fourth-order valence-electron chi connectivity index (χ4n) is 4.58. The van der Waals surface area contributed by atoms with E-state index in [9.17, 15) is 0 Å². The Labute approximate surface area is 236 Å². The van der Waals surface area contributed by atoms with Crippen LogP contribution in [0.2, 0.25) is 0 Å². The quantitative estimate of drug-likeness (QED) is 0.186. The van der Waals surface area contributed by atoms with Gasteiger partial charge in [0.15, 0.2) is 0 Å². The molecule has 5 rings (SSSR count). The van der Waals surface area contributed by atoms with Gasteiger partial charge >= 0.3 is 21.7 Å². The maximum absolute atomic E-state index is 3.72. The zero-order chi connectivity index (χ0) is 25.5. The average molecular weight is 511 g/mol. The molecular formula is C35H42Ti. The van der Waals surface area contributed by atoms with Crippen molar-refractivity contribution in [3.8, 4) is 0 Å². The van der Waals surface area contributed by atoms with Crippen molar-refractivity contribution >= 4 is 0 Å². The molecule has 0 spiro atoms. The molecule has 1 aliphatic carbocycles. The van der Waals surface area contributed by atoms with Crippen LogP contribution >= 0.6 is 0 Å². The summed E-state index contributed by atoms with van der Waals surface area (Å²) >= 11 is 0. The van der Waals surface area contributed by atoms with Crippen molar-refractivity contribution in [3.63, 3.8) is 0 Å². The van der Waals surface area contributed by atoms with Crippen LogP contribution in [0.25, 0.3) is 0 Å². The molecule has 0 amide bonds. The standard InChI is InChI=1S/C14H21.3C7H7.Ti/c1-4-11-10(3)13-8-6-7-9-14(13)12(11)5-2;3*1-7-5-3-2-4-6-7;/h4-9H2,1-3H3;3*2-6H,1H2;/q4*-1;+4. The van der Waals surface area contributed by atoms with E-state index < -0.39 is 0 Å². The van der Waals surface area contributed by atoms with Gasteiger partial charge < -0.3 is 0 Å². The van der Waals surface area contributed by atoms with Gasteiger partial charge in [-0.1, -0.05) is 77.5 Å². The maximum Gasteiger partial charge on any atom is 4.00 e. The second-order valence-corrected chi connectivity index (χ2v) is 8.91. The van der Waals surface area contributed by atoms with Gasteiger partial charge in [-0.25, -0.2) is 0 Å². The molecule has 0 bridgehead atoms. The predicted molar refractivity (Wildman–Crippen MR) is 155 cm³/mol. The van der Waals surface area contributed by atoms with Crippen LogP contribution in [-0.2, 0) is 47.4 Å². The van der Waals surface area contributed by atoms with E-state index in [1.54, 1.807) is 27.8 Å². The van der Waals surface area contributed by atoms with E-state index in [2.05, 4.69) is 41.5 Å². The Hall–Kier alpha value is -2.67. The van der Waals surface area contributed by atoms with Crippen molar-refractivity contribution in [1.82, 2.24) is 0 Å². The Morgan fingerprint density at radius 2 is 1.03 bits per heavy atom. The maximum atomic E-state index is 3.72. The predicted octanol–water partition coefficient (Wildman–Crippen LogP) is 9.32. The normalized spacial score (nSPS) is 11.1. The van der Waals surface area contributed by atoms with Crippen LogP contribution < -0.4 is 0 Å². The second-order valence-electron chi connectivity index (χ2n) is 8.91. The van der Waals surface area contributed by atoms with Crippen molar-refractivity contribution in [2.45, 2.75) is 59.3 Å². The molecule has 0 aliphatic heterocycles. The van der Waals surface area contributed by atoms with E-state index in [1.807, 2.05) is 91.0 Å². The van der Waals surface area contributed by atoms with Crippen LogP contribution in [0.3, 0.4) is 0 Å². The third-order valence-electron chi connectivity index (χ3n) is 6.34. The van der Waals surface area contributed by atoms with Crippen LogP contribution in [0.5, 0.6) is 0 Å². The first-order valence-electron chi connectivity index (χ1n) is 12.9. The topological polar surface area (TPSA) is 0 Å². The second kappa shape index (κ2) is 17.7. The summed E-state index contributed by atoms with van der Waals surface area (Å²) in [6, 6.07) is 29.6. The van der Waals surface area contributed by atoms with Crippen LogP contribution in [0.1, 0.15) is 71.2 Å². The smallest absolute Gasteiger partial charge is 0.199 e. The van der Waals surface area contributed by atoms with Crippen molar-refractivity contribution in [1.29, 1.82) is 0 Å². The minimum atomic E-state index is 0. The first-order chi connectivity index (χ1) is 17.0. The van der Waals surface area contributed by atoms with E-state index in [0.29, 0.717) is 0 Å². The Morgan fingerprint density at radius 3 is 1.33 bits per heavy atom. The van der Waals surface area contributed by atoms with E-state index in [0.717, 1.165) is 16.7 Å². The molecular weight excluding hydrogens is 468 g/mol. The summed E-state index contributed by atoms with van der Waals surface area (Å²) < 4.78 is 0. The zero-order valence-corrected chi connectivity index (χ0v) is 24.1. The van der Waals surface area contributed by atoms with Crippen LogP contribution in [-0.4, -0.2) is 0 Å². The van der Waals surface area contributed by atoms with Gasteiger partial charge in [0, 0.05) is 0 Å². The van der Waals surface area contributed by atoms with Gasteiger partial charge in [0.2, 0.25) is 0 Å². The fraction of sp³-hybridized carbons (Fsp3) is 0.257. The Kier molecular flexibility index (Phi) is 15.4. The molecule has 0 saturated carbocycles. The number of fused-ring (bicyclic) bond motifs is 1. The summed E-state index contributed by atoms with van der Waals surface area (Å²) in [5.74, 6) is 0. The first kappa shape index (κ1) is 31.4. The molecule has 1 heteroatoms. The molecule has 1 aliphatic rings.